The Balaban J connectivity index is 1.69. The van der Waals surface area contributed by atoms with Crippen molar-refractivity contribution in [3.8, 4) is 5.75 Å². The first-order chi connectivity index (χ1) is 24.1. The molecule has 0 heterocycles. The minimum Gasteiger partial charge on any atom is -0.508 e. The third-order valence-corrected chi connectivity index (χ3v) is 9.44. The fraction of sp³-hybridized carbons (Fsp3) is 0.342. The molecule has 3 aromatic rings. The van der Waals surface area contributed by atoms with Gasteiger partial charge in [0, 0.05) is 17.7 Å². The van der Waals surface area contributed by atoms with Crippen LogP contribution in [-0.4, -0.2) is 60.3 Å². The third-order valence-electron chi connectivity index (χ3n) is 8.00. The zero-order valence-corrected chi connectivity index (χ0v) is 29.5. The summed E-state index contributed by atoms with van der Waals surface area (Å²) in [7, 11) is -3.91. The van der Waals surface area contributed by atoms with Gasteiger partial charge in [-0.2, -0.15) is 0 Å². The lowest BCUT2D eigenvalue weighted by molar-refractivity contribution is -0.148. The Bertz CT molecular complexity index is 1780. The van der Waals surface area contributed by atoms with Gasteiger partial charge in [-0.15, -0.1) is 0 Å². The number of carbonyl (C=O) groups is 5. The van der Waals surface area contributed by atoms with Crippen LogP contribution in [-0.2, 0) is 51.6 Å². The van der Waals surface area contributed by atoms with E-state index >= 15 is 0 Å². The molecule has 2 amide bonds. The number of ether oxygens (including phenoxy) is 1. The van der Waals surface area contributed by atoms with Gasteiger partial charge in [0.1, 0.15) is 12.4 Å². The highest BCUT2D eigenvalue weighted by atomic mass is 32.2. The molecule has 0 saturated heterocycles. The van der Waals surface area contributed by atoms with Crippen molar-refractivity contribution in [1.29, 1.82) is 0 Å². The van der Waals surface area contributed by atoms with E-state index in [0.717, 1.165) is 17.0 Å². The van der Waals surface area contributed by atoms with Crippen LogP contribution in [0.25, 0.3) is 0 Å². The molecule has 0 fully saturated rings. The molecule has 0 unspecified atom stereocenters. The van der Waals surface area contributed by atoms with E-state index in [1.807, 2.05) is 18.2 Å². The second-order valence-corrected chi connectivity index (χ2v) is 14.5. The summed E-state index contributed by atoms with van der Waals surface area (Å²) in [6.07, 6.45) is -0.00552. The van der Waals surface area contributed by atoms with E-state index in [2.05, 4.69) is 10.6 Å². The SMILES string of the molecule is CC(C)[C@H](NC(=O)[C@@H](CC(=O)OCc1ccccc1)Cc1ccc(O)cc1)C(=O)C[C@@H](C)C(=O)N[C@H](/C=C/S(=O)(=O)c1ccccc1)CC(=O)O. The van der Waals surface area contributed by atoms with Crippen molar-refractivity contribution < 1.29 is 47.3 Å². The van der Waals surface area contributed by atoms with Crippen LogP contribution in [0.2, 0.25) is 0 Å². The zero-order chi connectivity index (χ0) is 37.6. The maximum Gasteiger partial charge on any atom is 0.306 e. The number of hydrogen-bond donors (Lipinski definition) is 4. The van der Waals surface area contributed by atoms with Gasteiger partial charge in [-0.25, -0.2) is 8.42 Å². The van der Waals surface area contributed by atoms with E-state index < -0.39 is 75.6 Å². The summed E-state index contributed by atoms with van der Waals surface area (Å²) >= 11 is 0. The lowest BCUT2D eigenvalue weighted by atomic mass is 9.90. The molecule has 13 heteroatoms. The van der Waals surface area contributed by atoms with Crippen molar-refractivity contribution in [2.45, 2.75) is 70.0 Å². The molecule has 4 N–H and O–H groups in total. The van der Waals surface area contributed by atoms with Crippen molar-refractivity contribution >= 4 is 39.4 Å². The van der Waals surface area contributed by atoms with Crippen LogP contribution < -0.4 is 10.6 Å². The minimum atomic E-state index is -3.91. The highest BCUT2D eigenvalue weighted by molar-refractivity contribution is 7.94. The van der Waals surface area contributed by atoms with Gasteiger partial charge in [-0.05, 0) is 53.8 Å². The van der Waals surface area contributed by atoms with Crippen molar-refractivity contribution in [3.05, 3.63) is 108 Å². The van der Waals surface area contributed by atoms with Crippen molar-refractivity contribution in [2.24, 2.45) is 17.8 Å². The Kier molecular flexibility index (Phi) is 15.1. The number of sulfone groups is 1. The molecule has 0 radical (unpaired) electrons. The summed E-state index contributed by atoms with van der Waals surface area (Å²) in [6.45, 7) is 4.92. The average Bonchev–Trinajstić information content (AvgIpc) is 3.09. The largest absolute Gasteiger partial charge is 0.508 e. The number of carboxylic acids is 1. The Morgan fingerprint density at radius 3 is 1.96 bits per heavy atom. The lowest BCUT2D eigenvalue weighted by Gasteiger charge is -2.26. The number of rotatable bonds is 19. The number of nitrogens with one attached hydrogen (secondary N) is 2. The van der Waals surface area contributed by atoms with Crippen LogP contribution in [0.3, 0.4) is 0 Å². The number of carboxylic acid groups (broad SMARTS) is 1. The Morgan fingerprint density at radius 1 is 0.765 bits per heavy atom. The zero-order valence-electron chi connectivity index (χ0n) is 28.7. The summed E-state index contributed by atoms with van der Waals surface area (Å²) in [4.78, 5) is 64.6. The monoisotopic (exact) mass is 720 g/mol. The molecule has 12 nitrogen and oxygen atoms in total. The van der Waals surface area contributed by atoms with Crippen LogP contribution in [0.5, 0.6) is 5.75 Å². The molecule has 272 valence electrons. The smallest absolute Gasteiger partial charge is 0.306 e. The number of aromatic hydroxyl groups is 1. The number of carbonyl (C=O) groups excluding carboxylic acids is 4. The number of amides is 2. The number of phenols is 1. The molecule has 0 aliphatic heterocycles. The fourth-order valence-corrected chi connectivity index (χ4v) is 6.24. The molecule has 0 saturated carbocycles. The van der Waals surface area contributed by atoms with Crippen molar-refractivity contribution in [3.63, 3.8) is 0 Å². The molecule has 0 aliphatic rings. The van der Waals surface area contributed by atoms with E-state index in [0.29, 0.717) is 5.56 Å². The number of aliphatic carboxylic acids is 1. The van der Waals surface area contributed by atoms with E-state index in [1.54, 1.807) is 56.3 Å². The molecule has 51 heavy (non-hydrogen) atoms. The summed E-state index contributed by atoms with van der Waals surface area (Å²) in [5.74, 6) is -5.87. The van der Waals surface area contributed by atoms with Crippen molar-refractivity contribution in [2.75, 3.05) is 0 Å². The van der Waals surface area contributed by atoms with Gasteiger partial charge in [0.25, 0.3) is 0 Å². The highest BCUT2D eigenvalue weighted by Crippen LogP contribution is 2.20. The molecule has 0 aromatic heterocycles. The lowest BCUT2D eigenvalue weighted by Crippen LogP contribution is -2.48. The standard InChI is InChI=1S/C38H44N2O10S/c1-25(2)36(33(42)20-26(3)37(46)39-30(23-34(43)44)18-19-51(48,49)32-12-8-5-9-13-32)40-38(47)29(21-27-14-16-31(41)17-15-27)22-35(45)50-24-28-10-6-4-7-11-28/h4-19,25-26,29-30,36,41H,20-24H2,1-3H3,(H,39,46)(H,40,47)(H,43,44)/b19-18+/t26-,29-,30-,36+/m1/s1. The van der Waals surface area contributed by atoms with Crippen LogP contribution in [0.15, 0.2) is 101 Å². The first kappa shape index (κ1) is 40.1. The number of hydrogen-bond acceptors (Lipinski definition) is 9. The number of Topliss-reactive ketones (excluding diaryl/α,β-unsaturated/α-hetero) is 1. The average molecular weight is 721 g/mol. The molecule has 3 rings (SSSR count). The molecule has 0 spiro atoms. The van der Waals surface area contributed by atoms with Gasteiger partial charge in [-0.3, -0.25) is 24.0 Å². The normalized spacial score (nSPS) is 13.9. The maximum absolute atomic E-state index is 13.7. The number of ketones is 1. The van der Waals surface area contributed by atoms with Crippen LogP contribution in [0, 0.1) is 17.8 Å². The first-order valence-corrected chi connectivity index (χ1v) is 18.0. The molecule has 0 aliphatic carbocycles. The van der Waals surface area contributed by atoms with Gasteiger partial charge in [0.2, 0.25) is 11.8 Å². The summed E-state index contributed by atoms with van der Waals surface area (Å²) in [5, 5.41) is 25.1. The fourth-order valence-electron chi connectivity index (χ4n) is 5.15. The quantitative estimate of drug-likeness (QED) is 0.129. The summed E-state index contributed by atoms with van der Waals surface area (Å²) < 4.78 is 30.7. The van der Waals surface area contributed by atoms with Crippen molar-refractivity contribution in [1.82, 2.24) is 10.6 Å². The van der Waals surface area contributed by atoms with Gasteiger partial charge >= 0.3 is 11.9 Å². The predicted octanol–water partition coefficient (Wildman–Crippen LogP) is 4.37. The summed E-state index contributed by atoms with van der Waals surface area (Å²) in [5.41, 5.74) is 1.44. The first-order valence-electron chi connectivity index (χ1n) is 16.5. The summed E-state index contributed by atoms with van der Waals surface area (Å²) in [6, 6.07) is 20.5. The van der Waals surface area contributed by atoms with Crippen LogP contribution in [0.4, 0.5) is 0 Å². The molecule has 4 atom stereocenters. The predicted molar refractivity (Wildman–Crippen MR) is 189 cm³/mol. The van der Waals surface area contributed by atoms with Gasteiger partial charge < -0.3 is 25.6 Å². The second kappa shape index (κ2) is 19.2. The highest BCUT2D eigenvalue weighted by Gasteiger charge is 2.32. The van der Waals surface area contributed by atoms with Crippen LogP contribution >= 0.6 is 0 Å². The van der Waals surface area contributed by atoms with Crippen LogP contribution in [0.1, 0.15) is 51.2 Å². The third kappa shape index (κ3) is 13.5. The molecular weight excluding hydrogens is 676 g/mol. The van der Waals surface area contributed by atoms with Gasteiger partial charge in [-0.1, -0.05) is 81.4 Å². The number of esters is 1. The molecular formula is C38H44N2O10S. The Hall–Kier alpha value is -5.30. The second-order valence-electron chi connectivity index (χ2n) is 12.6. The van der Waals surface area contributed by atoms with E-state index in [4.69, 9.17) is 4.74 Å². The number of phenolic OH excluding ortho intramolecular Hbond substituents is 1. The Morgan fingerprint density at radius 2 is 1.37 bits per heavy atom. The number of benzene rings is 3. The van der Waals surface area contributed by atoms with E-state index in [1.165, 1.54) is 31.2 Å². The molecule has 0 bridgehead atoms. The van der Waals surface area contributed by atoms with Gasteiger partial charge in [0.05, 0.1) is 35.7 Å². The van der Waals surface area contributed by atoms with Gasteiger partial charge in [0.15, 0.2) is 15.6 Å². The molecule has 3 aromatic carbocycles. The van der Waals surface area contributed by atoms with E-state index in [-0.39, 0.29) is 36.5 Å². The topological polar surface area (TPSA) is 193 Å². The van der Waals surface area contributed by atoms with E-state index in [9.17, 15) is 42.6 Å². The maximum atomic E-state index is 13.7. The minimum absolute atomic E-state index is 0.00299. The Labute approximate surface area is 297 Å².